The minimum atomic E-state index is -1.46. The van der Waals surface area contributed by atoms with Crippen molar-refractivity contribution in [1.29, 1.82) is 0 Å². The summed E-state index contributed by atoms with van der Waals surface area (Å²) in [5, 5.41) is 27.9. The number of pyridine rings is 2. The van der Waals surface area contributed by atoms with Crippen molar-refractivity contribution in [3.63, 3.8) is 0 Å². The van der Waals surface area contributed by atoms with Crippen LogP contribution in [0.3, 0.4) is 0 Å². The standard InChI is InChI=1S/C50H32N6.C32H20BrN5.C18H14BNO2.4CH4/c1-4-14-33(15-5-1)47-52-48(34-16-6-2-7-17-34)54-49(53-47)37-18-12-21-39(30-37)56-46-32-36(25-27-41(46)42-23-13-29-51-50(42)56)35-26-28-45-43(31-35)40-22-10-11-24-44(40)55(45)38-19-8-3-9-20-38;33-24-16-17-26-27-15-8-18-34-32(27)38(28(26)20-24)25-14-7-13-23(19-25)31-36-29(21-9-3-1-4-10-21)35-30(37-31)22-11-5-2-6-12-22;21-19(22)13-10-11-18-16(12-13)15-8-4-5-9-17(15)20(18)14-6-2-1-3-7-14;;;;/h1-32H;1-20H;1-12,21-22H;4*1H4. The van der Waals surface area contributed by atoms with Crippen LogP contribution in [0.2, 0.25) is 0 Å². The van der Waals surface area contributed by atoms with E-state index < -0.39 is 7.12 Å². The van der Waals surface area contributed by atoms with E-state index in [1.807, 2.05) is 200 Å². The summed E-state index contributed by atoms with van der Waals surface area (Å²) in [5.74, 6) is 3.77. The second kappa shape index (κ2) is 34.1. The second-order valence-electron chi connectivity index (χ2n) is 28.2. The third kappa shape index (κ3) is 14.8. The van der Waals surface area contributed by atoms with Gasteiger partial charge >= 0.3 is 7.12 Å². The van der Waals surface area contributed by atoms with Crippen LogP contribution in [0, 0.1) is 0 Å². The Labute approximate surface area is 704 Å². The molecule has 14 nitrogen and oxygen atoms in total. The minimum absolute atomic E-state index is 0. The molecule has 0 atom stereocenters. The predicted octanol–water partition coefficient (Wildman–Crippen LogP) is 25.3. The van der Waals surface area contributed by atoms with Gasteiger partial charge in [0.25, 0.3) is 0 Å². The third-order valence-electron chi connectivity index (χ3n) is 21.2. The number of fused-ring (bicyclic) bond motifs is 12. The largest absolute Gasteiger partial charge is 0.488 e. The number of hydrogen-bond donors (Lipinski definition) is 2. The fourth-order valence-electron chi connectivity index (χ4n) is 15.8. The smallest absolute Gasteiger partial charge is 0.423 e. The van der Waals surface area contributed by atoms with Crippen molar-refractivity contribution in [1.82, 2.24) is 58.1 Å². The summed E-state index contributed by atoms with van der Waals surface area (Å²) in [5.41, 5.74) is 21.0. The lowest BCUT2D eigenvalue weighted by atomic mass is 9.80. The number of benzene rings is 14. The summed E-state index contributed by atoms with van der Waals surface area (Å²) in [7, 11) is -1.46. The number of para-hydroxylation sites is 4. The summed E-state index contributed by atoms with van der Waals surface area (Å²) < 4.78 is 10.0. The van der Waals surface area contributed by atoms with Crippen LogP contribution in [-0.2, 0) is 0 Å². The highest BCUT2D eigenvalue weighted by atomic mass is 79.9. The molecule has 580 valence electrons. The molecule has 0 aliphatic rings. The summed E-state index contributed by atoms with van der Waals surface area (Å²) in [4.78, 5) is 39.2. The van der Waals surface area contributed by atoms with E-state index in [1.165, 1.54) is 21.8 Å². The molecule has 0 bridgehead atoms. The third-order valence-corrected chi connectivity index (χ3v) is 21.7. The quantitative estimate of drug-likeness (QED) is 0.113. The molecule has 22 aromatic rings. The molecule has 0 aliphatic carbocycles. The van der Waals surface area contributed by atoms with Crippen LogP contribution < -0.4 is 5.46 Å². The van der Waals surface area contributed by atoms with Gasteiger partial charge < -0.3 is 19.2 Å². The van der Waals surface area contributed by atoms with Gasteiger partial charge in [0, 0.05) is 116 Å². The van der Waals surface area contributed by atoms with Gasteiger partial charge in [-0.2, -0.15) is 0 Å². The lowest BCUT2D eigenvalue weighted by Crippen LogP contribution is -2.29. The molecular formula is C104H82BBrN12O2. The van der Waals surface area contributed by atoms with Gasteiger partial charge in [0.15, 0.2) is 34.9 Å². The molecule has 0 saturated carbocycles. The molecule has 14 aromatic carbocycles. The van der Waals surface area contributed by atoms with Crippen LogP contribution in [-0.4, -0.2) is 75.3 Å². The van der Waals surface area contributed by atoms with E-state index in [0.717, 1.165) is 137 Å². The Bertz CT molecular complexity index is 7340. The average Bonchev–Trinajstić information content (AvgIpc) is 1.59. The van der Waals surface area contributed by atoms with Gasteiger partial charge in [0.2, 0.25) is 0 Å². The number of hydrogen-bond acceptors (Lipinski definition) is 10. The van der Waals surface area contributed by atoms with Crippen LogP contribution in [0.15, 0.2) is 393 Å². The van der Waals surface area contributed by atoms with Crippen molar-refractivity contribution >= 4 is 116 Å². The van der Waals surface area contributed by atoms with Crippen LogP contribution >= 0.6 is 15.9 Å². The molecular weight excluding hydrogens is 1540 g/mol. The number of halogens is 1. The first-order valence-electron chi connectivity index (χ1n) is 38.2. The maximum atomic E-state index is 9.43. The van der Waals surface area contributed by atoms with Crippen molar-refractivity contribution in [2.75, 3.05) is 0 Å². The number of rotatable bonds is 12. The van der Waals surface area contributed by atoms with E-state index in [4.69, 9.17) is 39.9 Å². The normalized spacial score (nSPS) is 11.0. The molecule has 120 heavy (non-hydrogen) atoms. The van der Waals surface area contributed by atoms with E-state index in [0.29, 0.717) is 40.4 Å². The van der Waals surface area contributed by atoms with Crippen LogP contribution in [0.4, 0.5) is 0 Å². The molecule has 0 aliphatic heterocycles. The number of nitrogens with zero attached hydrogens (tertiary/aromatic N) is 12. The van der Waals surface area contributed by atoms with Gasteiger partial charge in [-0.15, -0.1) is 0 Å². The van der Waals surface area contributed by atoms with Gasteiger partial charge in [0.05, 0.1) is 33.1 Å². The van der Waals surface area contributed by atoms with Crippen molar-refractivity contribution in [3.8, 4) is 102 Å². The van der Waals surface area contributed by atoms with Crippen molar-refractivity contribution in [3.05, 3.63) is 393 Å². The first-order chi connectivity index (χ1) is 57.3. The zero-order valence-corrected chi connectivity index (χ0v) is 63.8. The van der Waals surface area contributed by atoms with Gasteiger partial charge in [0.1, 0.15) is 11.3 Å². The first kappa shape index (κ1) is 78.9. The van der Waals surface area contributed by atoms with E-state index in [-0.39, 0.29) is 29.7 Å². The highest BCUT2D eigenvalue weighted by molar-refractivity contribution is 9.10. The molecule has 8 heterocycles. The lowest BCUT2D eigenvalue weighted by molar-refractivity contribution is 0.426. The maximum Gasteiger partial charge on any atom is 0.488 e. The second-order valence-corrected chi connectivity index (χ2v) is 29.2. The minimum Gasteiger partial charge on any atom is -0.423 e. The Morgan fingerprint density at radius 1 is 0.217 bits per heavy atom. The Balaban J connectivity index is 0.000000145. The van der Waals surface area contributed by atoms with Crippen molar-refractivity contribution < 1.29 is 10.0 Å². The molecule has 22 rings (SSSR count). The molecule has 0 saturated heterocycles. The van der Waals surface area contributed by atoms with E-state index in [1.54, 1.807) is 6.07 Å². The van der Waals surface area contributed by atoms with Crippen molar-refractivity contribution in [2.45, 2.75) is 29.7 Å². The number of aromatic nitrogens is 12. The fourth-order valence-corrected chi connectivity index (χ4v) is 16.2. The highest BCUT2D eigenvalue weighted by Crippen LogP contribution is 2.41. The SMILES string of the molecule is Brc1ccc2c3cccnc3n(-c3cccc(-c4nc(-c5ccccc5)nc(-c5ccccc5)n4)c3)c2c1.C.C.C.C.OB(O)c1ccc2c(c1)c1ccccc1n2-c1ccccc1.c1ccc(-c2nc(-c3ccccc3)nc(-c3cccc(-n4c5cc(-c6ccc7c(c6)c6ccccc6n7-c6ccccc6)ccc5c5cccnc54)c3)n2)cc1. The summed E-state index contributed by atoms with van der Waals surface area (Å²) in [6.45, 7) is 0. The Kier molecular flexibility index (Phi) is 22.4. The molecule has 0 unspecified atom stereocenters. The molecule has 0 radical (unpaired) electrons. The molecule has 16 heteroatoms. The fraction of sp³-hybridized carbons (Fsp3) is 0.0385. The van der Waals surface area contributed by atoms with Crippen LogP contribution in [0.25, 0.3) is 190 Å². The average molecular weight is 1620 g/mol. The highest BCUT2D eigenvalue weighted by Gasteiger charge is 2.23. The zero-order valence-electron chi connectivity index (χ0n) is 62.2. The Morgan fingerprint density at radius 3 is 0.967 bits per heavy atom. The molecule has 0 spiro atoms. The van der Waals surface area contributed by atoms with Gasteiger partial charge in [-0.05, 0) is 138 Å². The molecule has 0 amide bonds. The monoisotopic (exact) mass is 1620 g/mol. The zero-order chi connectivity index (χ0) is 77.6. The van der Waals surface area contributed by atoms with Gasteiger partial charge in [-0.3, -0.25) is 9.13 Å². The van der Waals surface area contributed by atoms with E-state index in [2.05, 4.69) is 216 Å². The Morgan fingerprint density at radius 2 is 0.533 bits per heavy atom. The molecule has 2 N–H and O–H groups in total. The van der Waals surface area contributed by atoms with Gasteiger partial charge in [-0.1, -0.05) is 300 Å². The van der Waals surface area contributed by atoms with Gasteiger partial charge in [-0.25, -0.2) is 39.9 Å². The summed E-state index contributed by atoms with van der Waals surface area (Å²) >= 11 is 3.65. The maximum absolute atomic E-state index is 9.43. The lowest BCUT2D eigenvalue weighted by Gasteiger charge is -2.12. The summed E-state index contributed by atoms with van der Waals surface area (Å²) in [6.07, 6.45) is 3.70. The Hall–Kier alpha value is -14.9. The summed E-state index contributed by atoms with van der Waals surface area (Å²) in [6, 6.07) is 128. The topological polar surface area (TPSA) is 163 Å². The van der Waals surface area contributed by atoms with E-state index in [9.17, 15) is 10.0 Å². The molecule has 8 aromatic heterocycles. The van der Waals surface area contributed by atoms with Crippen LogP contribution in [0.1, 0.15) is 29.7 Å². The van der Waals surface area contributed by atoms with Crippen molar-refractivity contribution in [2.24, 2.45) is 0 Å². The predicted molar refractivity (Wildman–Crippen MR) is 502 cm³/mol. The van der Waals surface area contributed by atoms with E-state index >= 15 is 0 Å². The first-order valence-corrected chi connectivity index (χ1v) is 39.0. The molecule has 0 fully saturated rings. The van der Waals surface area contributed by atoms with Crippen LogP contribution in [0.5, 0.6) is 0 Å².